The maximum Gasteiger partial charge on any atom is 0.107 e. The molecular weight excluding hydrogens is 312 g/mol. The molecule has 1 aromatic rings. The predicted octanol–water partition coefficient (Wildman–Crippen LogP) is 4.01. The van der Waals surface area contributed by atoms with Gasteiger partial charge in [-0.15, -0.1) is 11.3 Å². The molecule has 5 heteroatoms. The molecule has 1 unspecified atom stereocenters. The second-order valence-corrected chi connectivity index (χ2v) is 6.62. The minimum Gasteiger partial charge on any atom is -0.388 e. The van der Waals surface area contributed by atoms with E-state index in [9.17, 15) is 5.11 Å². The SMILES string of the molecule is OC(CC1CCOCC1)c1cc(Br)c(Cl)s1. The van der Waals surface area contributed by atoms with Gasteiger partial charge >= 0.3 is 0 Å². The van der Waals surface area contributed by atoms with Gasteiger partial charge in [-0.25, -0.2) is 0 Å². The zero-order valence-corrected chi connectivity index (χ0v) is 11.9. The highest BCUT2D eigenvalue weighted by Gasteiger charge is 2.20. The molecule has 1 saturated heterocycles. The lowest BCUT2D eigenvalue weighted by molar-refractivity contribution is 0.0442. The summed E-state index contributed by atoms with van der Waals surface area (Å²) in [5.74, 6) is 0.573. The van der Waals surface area contributed by atoms with Crippen LogP contribution in [-0.2, 0) is 4.74 Å². The van der Waals surface area contributed by atoms with Crippen LogP contribution in [0, 0.1) is 5.92 Å². The molecule has 2 nitrogen and oxygen atoms in total. The van der Waals surface area contributed by atoms with Gasteiger partial charge < -0.3 is 9.84 Å². The molecule has 16 heavy (non-hydrogen) atoms. The Labute approximate surface area is 113 Å². The van der Waals surface area contributed by atoms with Gasteiger partial charge in [0.15, 0.2) is 0 Å². The van der Waals surface area contributed by atoms with Gasteiger partial charge in [-0.2, -0.15) is 0 Å². The maximum absolute atomic E-state index is 10.1. The van der Waals surface area contributed by atoms with E-state index in [0.717, 1.165) is 41.8 Å². The Morgan fingerprint density at radius 2 is 2.25 bits per heavy atom. The number of hydrogen-bond acceptors (Lipinski definition) is 3. The summed E-state index contributed by atoms with van der Waals surface area (Å²) < 4.78 is 6.89. The van der Waals surface area contributed by atoms with Gasteiger partial charge in [0.25, 0.3) is 0 Å². The Balaban J connectivity index is 1.93. The van der Waals surface area contributed by atoms with E-state index in [1.165, 1.54) is 11.3 Å². The van der Waals surface area contributed by atoms with Crippen LogP contribution in [0.15, 0.2) is 10.5 Å². The normalized spacial score (nSPS) is 19.9. The Morgan fingerprint density at radius 3 is 2.81 bits per heavy atom. The van der Waals surface area contributed by atoms with E-state index < -0.39 is 6.10 Å². The molecule has 1 atom stereocenters. The van der Waals surface area contributed by atoms with Gasteiger partial charge in [-0.05, 0) is 47.2 Å². The summed E-state index contributed by atoms with van der Waals surface area (Å²) in [5.41, 5.74) is 0. The second-order valence-electron chi connectivity index (χ2n) is 4.08. The minimum absolute atomic E-state index is 0.392. The molecule has 0 bridgehead atoms. The van der Waals surface area contributed by atoms with E-state index in [1.807, 2.05) is 6.07 Å². The Bertz CT molecular complexity index is 330. The topological polar surface area (TPSA) is 29.5 Å². The van der Waals surface area contributed by atoms with E-state index >= 15 is 0 Å². The summed E-state index contributed by atoms with van der Waals surface area (Å²) >= 11 is 10.8. The van der Waals surface area contributed by atoms with Crippen molar-refractivity contribution in [2.45, 2.75) is 25.4 Å². The molecular formula is C11H14BrClO2S. The zero-order valence-electron chi connectivity index (χ0n) is 8.79. The van der Waals surface area contributed by atoms with Crippen LogP contribution in [0.4, 0.5) is 0 Å². The van der Waals surface area contributed by atoms with Crippen LogP contribution in [-0.4, -0.2) is 18.3 Å². The second kappa shape index (κ2) is 5.83. The lowest BCUT2D eigenvalue weighted by Gasteiger charge is -2.23. The first-order chi connectivity index (χ1) is 7.66. The Kier molecular flexibility index (Phi) is 4.67. The van der Waals surface area contributed by atoms with Crippen molar-refractivity contribution in [1.29, 1.82) is 0 Å². The van der Waals surface area contributed by atoms with Gasteiger partial charge in [-0.1, -0.05) is 11.6 Å². The fourth-order valence-electron chi connectivity index (χ4n) is 1.94. The van der Waals surface area contributed by atoms with E-state index in [4.69, 9.17) is 16.3 Å². The molecule has 2 rings (SSSR count). The lowest BCUT2D eigenvalue weighted by atomic mass is 9.93. The van der Waals surface area contributed by atoms with E-state index in [0.29, 0.717) is 10.3 Å². The Morgan fingerprint density at radius 1 is 1.56 bits per heavy atom. The van der Waals surface area contributed by atoms with Crippen molar-refractivity contribution >= 4 is 38.9 Å². The maximum atomic E-state index is 10.1. The summed E-state index contributed by atoms with van der Waals surface area (Å²) in [4.78, 5) is 0.948. The molecule has 1 aromatic heterocycles. The average Bonchev–Trinajstić information content (AvgIpc) is 2.61. The first-order valence-electron chi connectivity index (χ1n) is 5.37. The van der Waals surface area contributed by atoms with Crippen molar-refractivity contribution in [1.82, 2.24) is 0 Å². The van der Waals surface area contributed by atoms with Crippen molar-refractivity contribution < 1.29 is 9.84 Å². The minimum atomic E-state index is -0.392. The molecule has 1 fully saturated rings. The molecule has 90 valence electrons. The number of hydrogen-bond donors (Lipinski definition) is 1. The van der Waals surface area contributed by atoms with Gasteiger partial charge in [-0.3, -0.25) is 0 Å². The fourth-order valence-corrected chi connectivity index (χ4v) is 3.68. The van der Waals surface area contributed by atoms with Crippen molar-refractivity contribution in [3.05, 3.63) is 19.8 Å². The average molecular weight is 326 g/mol. The van der Waals surface area contributed by atoms with Gasteiger partial charge in [0.1, 0.15) is 4.34 Å². The van der Waals surface area contributed by atoms with Crippen molar-refractivity contribution in [3.63, 3.8) is 0 Å². The van der Waals surface area contributed by atoms with Crippen molar-refractivity contribution in [3.8, 4) is 0 Å². The van der Waals surface area contributed by atoms with Crippen LogP contribution in [0.3, 0.4) is 0 Å². The number of aliphatic hydroxyl groups excluding tert-OH is 1. The molecule has 1 aliphatic rings. The smallest absolute Gasteiger partial charge is 0.107 e. The number of aliphatic hydroxyl groups is 1. The molecule has 0 radical (unpaired) electrons. The summed E-state index contributed by atoms with van der Waals surface area (Å²) in [6.07, 6.45) is 2.53. The van der Waals surface area contributed by atoms with Crippen LogP contribution in [0.1, 0.15) is 30.2 Å². The molecule has 0 aromatic carbocycles. The highest BCUT2D eigenvalue weighted by Crippen LogP contribution is 2.38. The van der Waals surface area contributed by atoms with E-state index in [1.54, 1.807) is 0 Å². The lowest BCUT2D eigenvalue weighted by Crippen LogP contribution is -2.17. The third-order valence-electron chi connectivity index (χ3n) is 2.89. The molecule has 0 spiro atoms. The summed E-state index contributed by atoms with van der Waals surface area (Å²) in [6, 6.07) is 1.91. The molecule has 0 saturated carbocycles. The number of ether oxygens (including phenoxy) is 1. The van der Waals surface area contributed by atoms with Gasteiger partial charge in [0.2, 0.25) is 0 Å². The quantitative estimate of drug-likeness (QED) is 0.909. The van der Waals surface area contributed by atoms with E-state index in [-0.39, 0.29) is 0 Å². The summed E-state index contributed by atoms with van der Waals surface area (Å²) in [7, 11) is 0. The monoisotopic (exact) mass is 324 g/mol. The summed E-state index contributed by atoms with van der Waals surface area (Å²) in [6.45, 7) is 1.65. The highest BCUT2D eigenvalue weighted by atomic mass is 79.9. The predicted molar refractivity (Wildman–Crippen MR) is 70.1 cm³/mol. The first-order valence-corrected chi connectivity index (χ1v) is 7.36. The largest absolute Gasteiger partial charge is 0.388 e. The molecule has 0 aliphatic carbocycles. The molecule has 0 amide bonds. The number of thiophene rings is 1. The van der Waals surface area contributed by atoms with Gasteiger partial charge in [0.05, 0.1) is 6.10 Å². The highest BCUT2D eigenvalue weighted by molar-refractivity contribution is 9.10. The Hall–Kier alpha value is 0.390. The van der Waals surface area contributed by atoms with Gasteiger partial charge in [0, 0.05) is 22.6 Å². The molecule has 1 N–H and O–H groups in total. The third kappa shape index (κ3) is 3.20. The van der Waals surface area contributed by atoms with Crippen LogP contribution < -0.4 is 0 Å². The van der Waals surface area contributed by atoms with Crippen LogP contribution >= 0.6 is 38.9 Å². The number of halogens is 2. The van der Waals surface area contributed by atoms with Crippen molar-refractivity contribution in [2.24, 2.45) is 5.92 Å². The van der Waals surface area contributed by atoms with Crippen LogP contribution in [0.5, 0.6) is 0 Å². The van der Waals surface area contributed by atoms with E-state index in [2.05, 4.69) is 15.9 Å². The standard InChI is InChI=1S/C11H14BrClO2S/c12-8-6-10(16-11(8)13)9(14)5-7-1-3-15-4-2-7/h6-7,9,14H,1-5H2. The molecule has 1 aliphatic heterocycles. The fraction of sp³-hybridized carbons (Fsp3) is 0.636. The third-order valence-corrected chi connectivity index (χ3v) is 5.47. The summed E-state index contributed by atoms with van der Waals surface area (Å²) in [5, 5.41) is 10.1. The molecule has 2 heterocycles. The first kappa shape index (κ1) is 12.8. The number of rotatable bonds is 3. The van der Waals surface area contributed by atoms with Crippen molar-refractivity contribution in [2.75, 3.05) is 13.2 Å². The van der Waals surface area contributed by atoms with Crippen LogP contribution in [0.25, 0.3) is 0 Å². The zero-order chi connectivity index (χ0) is 11.5. The van der Waals surface area contributed by atoms with Crippen LogP contribution in [0.2, 0.25) is 4.34 Å².